The molecule has 0 radical (unpaired) electrons. The second kappa shape index (κ2) is 8.42. The van der Waals surface area contributed by atoms with Crippen LogP contribution in [0, 0.1) is 0 Å². The lowest BCUT2D eigenvalue weighted by atomic mass is 10.1. The third-order valence-electron chi connectivity index (χ3n) is 4.59. The number of hydrogen-bond donors (Lipinski definition) is 1. The van der Waals surface area contributed by atoms with E-state index in [4.69, 9.17) is 0 Å². The molecule has 3 aromatic rings. The molecule has 4 rings (SSSR count). The first kappa shape index (κ1) is 20.9. The molecule has 1 unspecified atom stereocenters. The first-order valence-corrected chi connectivity index (χ1v) is 10.2. The van der Waals surface area contributed by atoms with E-state index in [1.807, 2.05) is 30.3 Å². The minimum atomic E-state index is -4.78. The molecule has 0 aliphatic carbocycles. The molecule has 1 aliphatic rings. The highest BCUT2D eigenvalue weighted by molar-refractivity contribution is 7.99. The predicted octanol–water partition coefficient (Wildman–Crippen LogP) is 3.67. The molecular formula is C20H16F3N5O2S. The van der Waals surface area contributed by atoms with Crippen molar-refractivity contribution in [1.82, 2.24) is 14.8 Å². The van der Waals surface area contributed by atoms with Gasteiger partial charge in [0.1, 0.15) is 12.4 Å². The van der Waals surface area contributed by atoms with E-state index in [1.165, 1.54) is 29.2 Å². The zero-order valence-electron chi connectivity index (χ0n) is 15.9. The number of aromatic nitrogens is 3. The van der Waals surface area contributed by atoms with Crippen LogP contribution in [0.3, 0.4) is 0 Å². The predicted molar refractivity (Wildman–Crippen MR) is 109 cm³/mol. The molecule has 0 fully saturated rings. The molecule has 2 amide bonds. The summed E-state index contributed by atoms with van der Waals surface area (Å²) in [6, 6.07) is 12.8. The number of nitrogens with one attached hydrogen (secondary N) is 1. The fourth-order valence-electron chi connectivity index (χ4n) is 3.21. The lowest BCUT2D eigenvalue weighted by molar-refractivity contribution is -0.157. The zero-order valence-corrected chi connectivity index (χ0v) is 16.7. The Morgan fingerprint density at radius 3 is 2.58 bits per heavy atom. The van der Waals surface area contributed by atoms with Crippen LogP contribution in [0.5, 0.6) is 0 Å². The summed E-state index contributed by atoms with van der Waals surface area (Å²) in [6.45, 7) is 0. The molecule has 0 spiro atoms. The Balaban J connectivity index is 1.57. The molecule has 1 aromatic heterocycles. The molecule has 1 atom stereocenters. The van der Waals surface area contributed by atoms with Crippen LogP contribution in [-0.4, -0.2) is 44.5 Å². The van der Waals surface area contributed by atoms with E-state index < -0.39 is 30.5 Å². The molecule has 0 saturated carbocycles. The molecule has 160 valence electrons. The van der Waals surface area contributed by atoms with E-state index in [9.17, 15) is 22.8 Å². The number of alkyl halides is 3. The van der Waals surface area contributed by atoms with Gasteiger partial charge in [-0.3, -0.25) is 14.5 Å². The Bertz CT molecular complexity index is 1100. The van der Waals surface area contributed by atoms with Crippen molar-refractivity contribution in [2.75, 3.05) is 16.0 Å². The van der Waals surface area contributed by atoms with Crippen molar-refractivity contribution < 1.29 is 22.8 Å². The molecule has 0 saturated heterocycles. The summed E-state index contributed by atoms with van der Waals surface area (Å²) in [5.41, 5.74) is 0.921. The van der Waals surface area contributed by atoms with Gasteiger partial charge >= 0.3 is 6.18 Å². The second-order valence-corrected chi connectivity index (χ2v) is 7.63. The van der Waals surface area contributed by atoms with Crippen molar-refractivity contribution in [1.29, 1.82) is 0 Å². The van der Waals surface area contributed by atoms with Gasteiger partial charge in [0.2, 0.25) is 17.0 Å². The number of thioether (sulfide) groups is 1. The van der Waals surface area contributed by atoms with Gasteiger partial charge in [0.05, 0.1) is 29.2 Å². The first-order chi connectivity index (χ1) is 14.8. The van der Waals surface area contributed by atoms with Gasteiger partial charge in [-0.15, -0.1) is 5.10 Å². The van der Waals surface area contributed by atoms with E-state index in [-0.39, 0.29) is 22.3 Å². The number of fused-ring (bicyclic) bond motifs is 1. The fraction of sp³-hybridized carbons (Fsp3) is 0.200. The van der Waals surface area contributed by atoms with Crippen LogP contribution in [0.4, 0.5) is 24.5 Å². The maximum Gasteiger partial charge on any atom is 0.409 e. The maximum atomic E-state index is 13.7. The van der Waals surface area contributed by atoms with Crippen molar-refractivity contribution in [3.63, 3.8) is 0 Å². The van der Waals surface area contributed by atoms with Gasteiger partial charge in [-0.1, -0.05) is 42.1 Å². The number of carbonyl (C=O) groups excluding carboxylic acids is 2. The standard InChI is InChI=1S/C20H16F3N5O2S/c21-20(22,23)16-10-17(29)25-14-8-4-5-9-15(14)28(16)18(30)11-31-19-24-12-27(26-19)13-6-2-1-3-7-13/h1-9,12,16H,10-11H2,(H,25,29). The quantitative estimate of drug-likeness (QED) is 0.618. The molecule has 31 heavy (non-hydrogen) atoms. The summed E-state index contributed by atoms with van der Waals surface area (Å²) in [7, 11) is 0. The number of hydrogen-bond acceptors (Lipinski definition) is 5. The van der Waals surface area contributed by atoms with Crippen LogP contribution in [0.2, 0.25) is 0 Å². The van der Waals surface area contributed by atoms with Crippen LogP contribution < -0.4 is 10.2 Å². The number of rotatable bonds is 4. The van der Waals surface area contributed by atoms with Crippen molar-refractivity contribution in [3.8, 4) is 5.69 Å². The highest BCUT2D eigenvalue weighted by Gasteiger charge is 2.48. The van der Waals surface area contributed by atoms with Gasteiger partial charge < -0.3 is 5.32 Å². The number of para-hydroxylation sites is 3. The highest BCUT2D eigenvalue weighted by atomic mass is 32.2. The molecule has 2 aromatic carbocycles. The van der Waals surface area contributed by atoms with E-state index in [2.05, 4.69) is 15.4 Å². The molecular weight excluding hydrogens is 431 g/mol. The minimum Gasteiger partial charge on any atom is -0.324 e. The molecule has 2 heterocycles. The number of halogens is 3. The lowest BCUT2D eigenvalue weighted by Crippen LogP contribution is -2.50. The Hall–Kier alpha value is -3.34. The van der Waals surface area contributed by atoms with E-state index in [1.54, 1.807) is 6.07 Å². The van der Waals surface area contributed by atoms with E-state index >= 15 is 0 Å². The van der Waals surface area contributed by atoms with Crippen LogP contribution in [0.15, 0.2) is 66.1 Å². The zero-order chi connectivity index (χ0) is 22.0. The lowest BCUT2D eigenvalue weighted by Gasteiger charge is -2.31. The third kappa shape index (κ3) is 4.55. The van der Waals surface area contributed by atoms with Crippen molar-refractivity contribution >= 4 is 35.0 Å². The number of amides is 2. The van der Waals surface area contributed by atoms with Crippen LogP contribution >= 0.6 is 11.8 Å². The van der Waals surface area contributed by atoms with E-state index in [0.717, 1.165) is 17.4 Å². The summed E-state index contributed by atoms with van der Waals surface area (Å²) in [6.07, 6.45) is -4.19. The molecule has 1 aliphatic heterocycles. The number of anilines is 2. The summed E-state index contributed by atoms with van der Waals surface area (Å²) in [4.78, 5) is 29.7. The largest absolute Gasteiger partial charge is 0.409 e. The molecule has 0 bridgehead atoms. The monoisotopic (exact) mass is 447 g/mol. The summed E-state index contributed by atoms with van der Waals surface area (Å²) in [5.74, 6) is -1.93. The van der Waals surface area contributed by atoms with Crippen molar-refractivity contribution in [2.45, 2.75) is 23.8 Å². The van der Waals surface area contributed by atoms with Crippen LogP contribution in [0.1, 0.15) is 6.42 Å². The average molecular weight is 447 g/mol. The Kier molecular flexibility index (Phi) is 5.68. The summed E-state index contributed by atoms with van der Waals surface area (Å²) < 4.78 is 42.7. The van der Waals surface area contributed by atoms with Crippen LogP contribution in [-0.2, 0) is 9.59 Å². The Labute approximate surface area is 179 Å². The number of nitrogens with zero attached hydrogens (tertiary/aromatic N) is 4. The van der Waals surface area contributed by atoms with Gasteiger partial charge in [-0.2, -0.15) is 13.2 Å². The van der Waals surface area contributed by atoms with Crippen molar-refractivity contribution in [3.05, 3.63) is 60.9 Å². The van der Waals surface area contributed by atoms with Gasteiger partial charge in [0.15, 0.2) is 0 Å². The van der Waals surface area contributed by atoms with Gasteiger partial charge in [0.25, 0.3) is 0 Å². The number of benzene rings is 2. The smallest absolute Gasteiger partial charge is 0.324 e. The van der Waals surface area contributed by atoms with Crippen LogP contribution in [0.25, 0.3) is 5.69 Å². The molecule has 7 nitrogen and oxygen atoms in total. The van der Waals surface area contributed by atoms with Gasteiger partial charge in [-0.05, 0) is 24.3 Å². The highest BCUT2D eigenvalue weighted by Crippen LogP contribution is 2.38. The Morgan fingerprint density at radius 1 is 1.13 bits per heavy atom. The topological polar surface area (TPSA) is 80.1 Å². The van der Waals surface area contributed by atoms with Gasteiger partial charge in [0, 0.05) is 0 Å². The minimum absolute atomic E-state index is 0.00375. The van der Waals surface area contributed by atoms with Gasteiger partial charge in [-0.25, -0.2) is 9.67 Å². The molecule has 1 N–H and O–H groups in total. The first-order valence-electron chi connectivity index (χ1n) is 9.20. The Morgan fingerprint density at radius 2 is 1.84 bits per heavy atom. The second-order valence-electron chi connectivity index (χ2n) is 6.69. The van der Waals surface area contributed by atoms with E-state index in [0.29, 0.717) is 4.90 Å². The third-order valence-corrected chi connectivity index (χ3v) is 5.43. The average Bonchev–Trinajstić information content (AvgIpc) is 3.15. The maximum absolute atomic E-state index is 13.7. The number of carbonyl (C=O) groups is 2. The normalized spacial score (nSPS) is 16.4. The molecule has 11 heteroatoms. The van der Waals surface area contributed by atoms with Crippen molar-refractivity contribution in [2.24, 2.45) is 0 Å². The SMILES string of the molecule is O=C1CC(C(F)(F)F)N(C(=O)CSc2ncn(-c3ccccc3)n2)c2ccccc2N1. The summed E-state index contributed by atoms with van der Waals surface area (Å²) in [5, 5.41) is 6.93. The summed E-state index contributed by atoms with van der Waals surface area (Å²) >= 11 is 0.926. The fourth-order valence-corrected chi connectivity index (χ4v) is 3.87.